The predicted octanol–water partition coefficient (Wildman–Crippen LogP) is 18.2. The SMILES string of the molecule is Cc1cc(-c2ccccc2OCC2CCCCC2COc2ccccc2-c2cc(C)cc(-n3c4ccccc4c4ccccc43)c2O)c(O)c(-n2c3ccccc3c3ccccc32)c1.[CH2-]c1ccccc1.[CH2-]c1ccccc1.[Zr+2]. The summed E-state index contributed by atoms with van der Waals surface area (Å²) in [4.78, 5) is 0. The topological polar surface area (TPSA) is 68.8 Å². The Morgan fingerprint density at radius 3 is 1.03 bits per heavy atom. The summed E-state index contributed by atoms with van der Waals surface area (Å²) in [5.41, 5.74) is 13.1. The summed E-state index contributed by atoms with van der Waals surface area (Å²) in [6, 6.07) is 77.7. The first-order chi connectivity index (χ1) is 38.2. The van der Waals surface area contributed by atoms with Crippen molar-refractivity contribution < 1.29 is 45.9 Å². The maximum absolute atomic E-state index is 12.2. The number of phenolic OH excluding ortho intramolecular Hbond substituents is 2. The van der Waals surface area contributed by atoms with E-state index in [2.05, 4.69) is 158 Å². The minimum absolute atomic E-state index is 0. The molecule has 0 bridgehead atoms. The second kappa shape index (κ2) is 24.5. The molecule has 1 fully saturated rings. The molecular formula is C72H64N2O4Zr. The molecule has 2 atom stereocenters. The average Bonchev–Trinajstić information content (AvgIpc) is 4.24. The summed E-state index contributed by atoms with van der Waals surface area (Å²) in [7, 11) is 0. The summed E-state index contributed by atoms with van der Waals surface area (Å²) in [5, 5.41) is 29.0. The average molecular weight is 1110 g/mol. The molecule has 0 spiro atoms. The molecule has 12 aromatic rings. The van der Waals surface area contributed by atoms with Gasteiger partial charge >= 0.3 is 26.2 Å². The van der Waals surface area contributed by atoms with E-state index in [0.29, 0.717) is 13.2 Å². The Morgan fingerprint density at radius 1 is 0.392 bits per heavy atom. The number of hydrogen-bond acceptors (Lipinski definition) is 4. The van der Waals surface area contributed by atoms with Gasteiger partial charge in [-0.05, 0) is 110 Å². The maximum atomic E-state index is 12.2. The first-order valence-corrected chi connectivity index (χ1v) is 27.0. The van der Waals surface area contributed by atoms with Gasteiger partial charge in [0.1, 0.15) is 23.0 Å². The fraction of sp³-hybridized carbons (Fsp3) is 0.139. The van der Waals surface area contributed by atoms with E-state index in [0.717, 1.165) is 137 Å². The van der Waals surface area contributed by atoms with Crippen molar-refractivity contribution >= 4 is 43.6 Å². The molecule has 390 valence electrons. The van der Waals surface area contributed by atoms with Crippen LogP contribution < -0.4 is 9.47 Å². The molecule has 13 rings (SSSR count). The number of aromatic hydroxyl groups is 2. The molecule has 1 aliphatic rings. The maximum Gasteiger partial charge on any atom is 2.00 e. The van der Waals surface area contributed by atoms with Crippen molar-refractivity contribution in [2.45, 2.75) is 39.5 Å². The zero-order valence-electron chi connectivity index (χ0n) is 44.9. The number of fused-ring (bicyclic) bond motifs is 6. The van der Waals surface area contributed by atoms with E-state index in [4.69, 9.17) is 9.47 Å². The van der Waals surface area contributed by atoms with Gasteiger partial charge in [-0.15, -0.1) is 24.3 Å². The fourth-order valence-corrected chi connectivity index (χ4v) is 11.3. The third-order valence-electron chi connectivity index (χ3n) is 15.1. The Hall–Kier alpha value is -8.38. The van der Waals surface area contributed by atoms with Crippen LogP contribution >= 0.6 is 0 Å². The van der Waals surface area contributed by atoms with Crippen LogP contribution in [0.25, 0.3) is 77.2 Å². The van der Waals surface area contributed by atoms with E-state index < -0.39 is 0 Å². The summed E-state index contributed by atoms with van der Waals surface area (Å²) in [6.45, 7) is 12.7. The number of benzene rings is 10. The van der Waals surface area contributed by atoms with Gasteiger partial charge in [-0.25, -0.2) is 0 Å². The molecule has 79 heavy (non-hydrogen) atoms. The van der Waals surface area contributed by atoms with E-state index in [9.17, 15) is 10.2 Å². The predicted molar refractivity (Wildman–Crippen MR) is 323 cm³/mol. The first kappa shape index (κ1) is 54.0. The van der Waals surface area contributed by atoms with Gasteiger partial charge in [0.15, 0.2) is 0 Å². The quantitative estimate of drug-likeness (QED) is 0.134. The summed E-state index contributed by atoms with van der Waals surface area (Å²) < 4.78 is 18.0. The number of aryl methyl sites for hydroxylation is 2. The number of phenols is 2. The minimum atomic E-state index is 0. The van der Waals surface area contributed by atoms with Crippen molar-refractivity contribution in [3.8, 4) is 56.6 Å². The van der Waals surface area contributed by atoms with Crippen LogP contribution in [0.4, 0.5) is 0 Å². The van der Waals surface area contributed by atoms with Gasteiger partial charge in [-0.3, -0.25) is 0 Å². The molecule has 1 saturated carbocycles. The largest absolute Gasteiger partial charge is 2.00 e. The van der Waals surface area contributed by atoms with Gasteiger partial charge in [0.25, 0.3) is 0 Å². The van der Waals surface area contributed by atoms with Crippen molar-refractivity contribution in [2.24, 2.45) is 11.8 Å². The Bertz CT molecular complexity index is 3660. The van der Waals surface area contributed by atoms with Gasteiger partial charge in [-0.1, -0.05) is 134 Å². The van der Waals surface area contributed by atoms with E-state index in [1.54, 1.807) is 0 Å². The van der Waals surface area contributed by atoms with Crippen LogP contribution in [0.15, 0.2) is 231 Å². The smallest absolute Gasteiger partial charge is 0.505 e. The van der Waals surface area contributed by atoms with Crippen LogP contribution in [0, 0.1) is 39.5 Å². The van der Waals surface area contributed by atoms with Crippen molar-refractivity contribution in [1.82, 2.24) is 9.13 Å². The van der Waals surface area contributed by atoms with Crippen LogP contribution in [0.5, 0.6) is 23.0 Å². The van der Waals surface area contributed by atoms with E-state index >= 15 is 0 Å². The van der Waals surface area contributed by atoms with Crippen LogP contribution in [-0.4, -0.2) is 32.6 Å². The molecule has 0 aliphatic heterocycles. The summed E-state index contributed by atoms with van der Waals surface area (Å²) >= 11 is 0. The van der Waals surface area contributed by atoms with Crippen LogP contribution in [0.2, 0.25) is 0 Å². The van der Waals surface area contributed by atoms with Crippen molar-refractivity contribution in [3.63, 3.8) is 0 Å². The van der Waals surface area contributed by atoms with E-state index in [1.807, 2.05) is 109 Å². The molecule has 2 heterocycles. The number of rotatable bonds is 10. The Labute approximate surface area is 483 Å². The number of aromatic nitrogens is 2. The molecular weight excluding hydrogens is 1050 g/mol. The second-order valence-electron chi connectivity index (χ2n) is 20.5. The molecule has 2 unspecified atom stereocenters. The van der Waals surface area contributed by atoms with Gasteiger partial charge in [0.2, 0.25) is 0 Å². The van der Waals surface area contributed by atoms with Gasteiger partial charge in [-0.2, -0.15) is 49.2 Å². The van der Waals surface area contributed by atoms with Crippen molar-refractivity contribution in [2.75, 3.05) is 13.2 Å². The molecule has 10 aromatic carbocycles. The third kappa shape index (κ3) is 11.5. The number of hydrogen-bond donors (Lipinski definition) is 2. The van der Waals surface area contributed by atoms with E-state index in [-0.39, 0.29) is 49.5 Å². The number of para-hydroxylation sites is 6. The minimum Gasteiger partial charge on any atom is -0.505 e. The normalized spacial score (nSPS) is 13.9. The van der Waals surface area contributed by atoms with Gasteiger partial charge in [0.05, 0.1) is 46.7 Å². The fourth-order valence-electron chi connectivity index (χ4n) is 11.3. The first-order valence-electron chi connectivity index (χ1n) is 27.0. The van der Waals surface area contributed by atoms with Crippen LogP contribution in [0.1, 0.15) is 47.9 Å². The Kier molecular flexibility index (Phi) is 16.8. The second-order valence-corrected chi connectivity index (χ2v) is 20.5. The van der Waals surface area contributed by atoms with Crippen molar-refractivity contribution in [3.05, 3.63) is 267 Å². The van der Waals surface area contributed by atoms with E-state index in [1.165, 1.54) is 0 Å². The summed E-state index contributed by atoms with van der Waals surface area (Å²) in [6.07, 6.45) is 4.39. The molecule has 1 aliphatic carbocycles. The number of nitrogens with zero attached hydrogens (tertiary/aromatic N) is 2. The standard InChI is InChI=1S/C58H50N2O4.2C7H7.Zr/c1-37-31-47(57(61)53(33-37)59-49-25-11-5-19-41(49)42-20-6-12-26-50(42)59)45-23-9-15-29-55(45)63-35-39-17-3-4-18-40(39)36-64-56-30-16-10-24-46(56)48-32-38(2)34-54(58(48)62)60-51-27-13-7-21-43(51)44-22-8-14-28-52(44)60;2*1-7-5-3-2-4-6-7;/h5-16,19-34,39-40,61-62H,3-4,17-18,35-36H2,1-2H3;2*2-6H,1H2;/q;2*-1;+2. The molecule has 0 radical (unpaired) electrons. The zero-order chi connectivity index (χ0) is 53.5. The Morgan fingerprint density at radius 2 is 0.696 bits per heavy atom. The van der Waals surface area contributed by atoms with Gasteiger partial charge in [0, 0.05) is 43.8 Å². The zero-order valence-corrected chi connectivity index (χ0v) is 47.3. The molecule has 0 amide bonds. The molecule has 0 saturated heterocycles. The van der Waals surface area contributed by atoms with Crippen LogP contribution in [0.3, 0.4) is 0 Å². The van der Waals surface area contributed by atoms with Gasteiger partial charge < -0.3 is 28.8 Å². The molecule has 2 N–H and O–H groups in total. The third-order valence-corrected chi connectivity index (χ3v) is 15.1. The monoisotopic (exact) mass is 1110 g/mol. The number of ether oxygens (including phenoxy) is 2. The molecule has 6 nitrogen and oxygen atoms in total. The molecule has 2 aromatic heterocycles. The Balaban J connectivity index is 0.000000410. The van der Waals surface area contributed by atoms with Crippen molar-refractivity contribution in [1.29, 1.82) is 0 Å². The molecule has 7 heteroatoms. The summed E-state index contributed by atoms with van der Waals surface area (Å²) in [5.74, 6) is 2.50. The van der Waals surface area contributed by atoms with Crippen LogP contribution in [-0.2, 0) is 26.2 Å².